The van der Waals surface area contributed by atoms with E-state index in [0.29, 0.717) is 34.2 Å². The van der Waals surface area contributed by atoms with Crippen molar-refractivity contribution in [3.63, 3.8) is 0 Å². The van der Waals surface area contributed by atoms with E-state index < -0.39 is 4.92 Å². The summed E-state index contributed by atoms with van der Waals surface area (Å²) in [6, 6.07) is 12.6. The molecule has 0 radical (unpaired) electrons. The first-order valence-corrected chi connectivity index (χ1v) is 10.8. The number of hydrogen-bond acceptors (Lipinski definition) is 7. The molecule has 2 aromatic carbocycles. The van der Waals surface area contributed by atoms with Crippen LogP contribution >= 0.6 is 23.1 Å². The van der Waals surface area contributed by atoms with Gasteiger partial charge in [-0.15, -0.1) is 11.8 Å². The Labute approximate surface area is 177 Å². The minimum Gasteiger partial charge on any atom is -0.308 e. The fourth-order valence-corrected chi connectivity index (χ4v) is 4.43. The van der Waals surface area contributed by atoms with Crippen LogP contribution in [0.5, 0.6) is 0 Å². The van der Waals surface area contributed by atoms with Crippen molar-refractivity contribution in [3.8, 4) is 0 Å². The van der Waals surface area contributed by atoms with E-state index in [1.165, 1.54) is 40.8 Å². The number of carbonyl (C=O) groups excluding carboxylic acids is 1. The quantitative estimate of drug-likeness (QED) is 0.303. The number of anilines is 1. The van der Waals surface area contributed by atoms with E-state index in [9.17, 15) is 14.9 Å². The van der Waals surface area contributed by atoms with E-state index in [4.69, 9.17) is 0 Å². The van der Waals surface area contributed by atoms with Crippen LogP contribution < -0.4 is 4.90 Å². The summed E-state index contributed by atoms with van der Waals surface area (Å²) < 4.78 is 0.697. The van der Waals surface area contributed by atoms with E-state index in [2.05, 4.69) is 4.98 Å². The number of rotatable bonds is 8. The Morgan fingerprint density at radius 1 is 1.17 bits per heavy atom. The number of nitro benzene ring substituents is 1. The molecule has 0 atom stereocenters. The van der Waals surface area contributed by atoms with Gasteiger partial charge in [0, 0.05) is 30.1 Å². The Hall–Kier alpha value is -2.49. The summed E-state index contributed by atoms with van der Waals surface area (Å²) in [5, 5.41) is 11.6. The zero-order valence-electron chi connectivity index (χ0n) is 16.5. The van der Waals surface area contributed by atoms with E-state index >= 15 is 0 Å². The first-order valence-electron chi connectivity index (χ1n) is 9.03. The Bertz CT molecular complexity index is 1020. The molecule has 7 nitrogen and oxygen atoms in total. The number of carbonyl (C=O) groups is 1. The third-order valence-corrected chi connectivity index (χ3v) is 6.30. The van der Waals surface area contributed by atoms with Crippen molar-refractivity contribution in [2.75, 3.05) is 37.8 Å². The molecule has 0 fully saturated rings. The maximum Gasteiger partial charge on any atom is 0.270 e. The van der Waals surface area contributed by atoms with Crippen molar-refractivity contribution in [2.24, 2.45) is 0 Å². The first-order chi connectivity index (χ1) is 13.8. The van der Waals surface area contributed by atoms with Crippen LogP contribution in [0.1, 0.15) is 5.56 Å². The minimum atomic E-state index is -0.425. The number of non-ortho nitro benzene ring substituents is 1. The molecule has 0 aliphatic carbocycles. The number of nitrogens with zero attached hydrogens (tertiary/aromatic N) is 4. The van der Waals surface area contributed by atoms with Crippen LogP contribution in [-0.4, -0.2) is 53.7 Å². The third-order valence-electron chi connectivity index (χ3n) is 4.26. The van der Waals surface area contributed by atoms with Crippen LogP contribution in [0.25, 0.3) is 10.2 Å². The lowest BCUT2D eigenvalue weighted by atomic mass is 10.2. The van der Waals surface area contributed by atoms with Gasteiger partial charge in [0.1, 0.15) is 0 Å². The second kappa shape index (κ2) is 9.34. The molecule has 29 heavy (non-hydrogen) atoms. The maximum atomic E-state index is 13.0. The predicted molar refractivity (Wildman–Crippen MR) is 119 cm³/mol. The molecule has 0 bridgehead atoms. The van der Waals surface area contributed by atoms with Gasteiger partial charge in [-0.05, 0) is 39.2 Å². The van der Waals surface area contributed by atoms with Crippen molar-refractivity contribution >= 4 is 50.0 Å². The van der Waals surface area contributed by atoms with E-state index in [-0.39, 0.29) is 11.6 Å². The first kappa shape index (κ1) is 21.2. The molecular weight excluding hydrogens is 408 g/mol. The molecule has 3 rings (SSSR count). The Kier molecular flexibility index (Phi) is 6.83. The molecule has 1 heterocycles. The Balaban J connectivity index is 1.81. The smallest absolute Gasteiger partial charge is 0.270 e. The van der Waals surface area contributed by atoms with E-state index in [1.54, 1.807) is 11.0 Å². The average Bonchev–Trinajstić information content (AvgIpc) is 3.10. The number of hydrogen-bond donors (Lipinski definition) is 0. The number of aryl methyl sites for hydroxylation is 1. The second-order valence-electron chi connectivity index (χ2n) is 6.86. The third kappa shape index (κ3) is 5.53. The maximum absolute atomic E-state index is 13.0. The van der Waals surface area contributed by atoms with Gasteiger partial charge < -0.3 is 4.90 Å². The van der Waals surface area contributed by atoms with Crippen molar-refractivity contribution in [3.05, 3.63) is 58.1 Å². The van der Waals surface area contributed by atoms with Crippen molar-refractivity contribution in [1.82, 2.24) is 9.88 Å². The highest BCUT2D eigenvalue weighted by Crippen LogP contribution is 2.32. The molecule has 1 aromatic heterocycles. The highest BCUT2D eigenvalue weighted by Gasteiger charge is 2.21. The standard InChI is InChI=1S/C20H22N4O3S2/c1-14-4-7-16(8-5-14)28-13-19(25)23(11-10-22(2)3)20-21-17-9-6-15(24(26)27)12-18(17)29-20/h4-9,12H,10-11,13H2,1-3H3. The monoisotopic (exact) mass is 430 g/mol. The van der Waals surface area contributed by atoms with Crippen molar-refractivity contribution in [2.45, 2.75) is 11.8 Å². The lowest BCUT2D eigenvalue weighted by Crippen LogP contribution is -2.37. The SMILES string of the molecule is Cc1ccc(SCC(=O)N(CCN(C)C)c2nc3ccc([N+](=O)[O-])cc3s2)cc1. The Morgan fingerprint density at radius 2 is 1.90 bits per heavy atom. The zero-order valence-corrected chi connectivity index (χ0v) is 18.1. The Morgan fingerprint density at radius 3 is 2.55 bits per heavy atom. The van der Waals surface area contributed by atoms with Crippen LogP contribution in [0.2, 0.25) is 0 Å². The molecule has 0 aliphatic heterocycles. The normalized spacial score (nSPS) is 11.2. The van der Waals surface area contributed by atoms with Gasteiger partial charge in [0.05, 0.1) is 20.9 Å². The van der Waals surface area contributed by atoms with Gasteiger partial charge in [0.15, 0.2) is 5.13 Å². The van der Waals surface area contributed by atoms with Gasteiger partial charge in [-0.3, -0.25) is 19.8 Å². The summed E-state index contributed by atoms with van der Waals surface area (Å²) in [6.07, 6.45) is 0. The summed E-state index contributed by atoms with van der Waals surface area (Å²) in [5.41, 5.74) is 1.86. The molecule has 0 saturated carbocycles. The molecule has 0 N–H and O–H groups in total. The van der Waals surface area contributed by atoms with E-state index in [0.717, 1.165) is 4.90 Å². The summed E-state index contributed by atoms with van der Waals surface area (Å²) in [6.45, 7) is 3.22. The number of aromatic nitrogens is 1. The highest BCUT2D eigenvalue weighted by molar-refractivity contribution is 8.00. The summed E-state index contributed by atoms with van der Waals surface area (Å²) in [4.78, 5) is 32.9. The van der Waals surface area contributed by atoms with E-state index in [1.807, 2.05) is 50.2 Å². The average molecular weight is 431 g/mol. The number of nitro groups is 1. The number of likely N-dealkylation sites (N-methyl/N-ethyl adjacent to an activating group) is 1. The lowest BCUT2D eigenvalue weighted by molar-refractivity contribution is -0.384. The van der Waals surface area contributed by atoms with Gasteiger partial charge >= 0.3 is 0 Å². The van der Waals surface area contributed by atoms with Crippen LogP contribution in [0.4, 0.5) is 10.8 Å². The van der Waals surface area contributed by atoms with Crippen LogP contribution in [0, 0.1) is 17.0 Å². The van der Waals surface area contributed by atoms with Gasteiger partial charge in [-0.1, -0.05) is 29.0 Å². The van der Waals surface area contributed by atoms with Gasteiger partial charge in [0.25, 0.3) is 5.69 Å². The number of benzene rings is 2. The number of thiazole rings is 1. The van der Waals surface area contributed by atoms with Crippen molar-refractivity contribution in [1.29, 1.82) is 0 Å². The van der Waals surface area contributed by atoms with Crippen molar-refractivity contribution < 1.29 is 9.72 Å². The highest BCUT2D eigenvalue weighted by atomic mass is 32.2. The molecule has 1 amide bonds. The van der Waals surface area contributed by atoms with Crippen LogP contribution in [0.3, 0.4) is 0 Å². The molecule has 0 saturated heterocycles. The van der Waals surface area contributed by atoms with Gasteiger partial charge in [0.2, 0.25) is 5.91 Å². The number of fused-ring (bicyclic) bond motifs is 1. The number of thioether (sulfide) groups is 1. The van der Waals surface area contributed by atoms with Crippen LogP contribution in [0.15, 0.2) is 47.4 Å². The largest absolute Gasteiger partial charge is 0.308 e. The number of amides is 1. The van der Waals surface area contributed by atoms with Crippen LogP contribution in [-0.2, 0) is 4.79 Å². The molecule has 0 spiro atoms. The molecule has 0 unspecified atom stereocenters. The predicted octanol–water partition coefficient (Wildman–Crippen LogP) is 4.20. The summed E-state index contributed by atoms with van der Waals surface area (Å²) in [5.74, 6) is 0.262. The zero-order chi connectivity index (χ0) is 21.0. The molecule has 3 aromatic rings. The topological polar surface area (TPSA) is 79.6 Å². The molecule has 152 valence electrons. The fourth-order valence-electron chi connectivity index (χ4n) is 2.61. The molecule has 9 heteroatoms. The summed E-state index contributed by atoms with van der Waals surface area (Å²) in [7, 11) is 3.90. The molecular formula is C20H22N4O3S2. The van der Waals surface area contributed by atoms with Gasteiger partial charge in [-0.2, -0.15) is 0 Å². The van der Waals surface area contributed by atoms with Gasteiger partial charge in [-0.25, -0.2) is 4.98 Å². The lowest BCUT2D eigenvalue weighted by Gasteiger charge is -2.21. The second-order valence-corrected chi connectivity index (χ2v) is 8.91. The minimum absolute atomic E-state index is 0.0220. The summed E-state index contributed by atoms with van der Waals surface area (Å²) >= 11 is 2.79. The molecule has 0 aliphatic rings. The fraction of sp³-hybridized carbons (Fsp3) is 0.300.